The fraction of sp³-hybridized carbons (Fsp3) is 0.0526. The van der Waals surface area contributed by atoms with Crippen molar-refractivity contribution in [3.63, 3.8) is 0 Å². The van der Waals surface area contributed by atoms with Gasteiger partial charge in [-0.15, -0.1) is 0 Å². The first-order valence-electron chi connectivity index (χ1n) is 7.74. The largest absolute Gasteiger partial charge is 0.467 e. The van der Waals surface area contributed by atoms with E-state index in [0.29, 0.717) is 17.3 Å². The number of furan rings is 2. The third kappa shape index (κ3) is 3.21. The van der Waals surface area contributed by atoms with Crippen molar-refractivity contribution in [3.8, 4) is 11.3 Å². The molecule has 2 aromatic heterocycles. The van der Waals surface area contributed by atoms with Crippen molar-refractivity contribution < 1.29 is 22.8 Å². The third-order valence-electron chi connectivity index (χ3n) is 3.80. The van der Waals surface area contributed by atoms with E-state index in [2.05, 4.69) is 0 Å². The van der Waals surface area contributed by atoms with E-state index < -0.39 is 5.91 Å². The minimum Gasteiger partial charge on any atom is -0.467 e. The summed E-state index contributed by atoms with van der Waals surface area (Å²) in [5.41, 5.74) is 0.719. The summed E-state index contributed by atoms with van der Waals surface area (Å²) in [5.74, 6) is 0.797. The fourth-order valence-electron chi connectivity index (χ4n) is 2.52. The number of imide groups is 1. The zero-order chi connectivity index (χ0) is 18.1. The highest BCUT2D eigenvalue weighted by atomic mass is 32.2. The lowest BCUT2D eigenvalue weighted by Crippen LogP contribution is -2.27. The highest BCUT2D eigenvalue weighted by molar-refractivity contribution is 8.18. The Morgan fingerprint density at radius 2 is 1.88 bits per heavy atom. The second-order valence-corrected chi connectivity index (χ2v) is 6.55. The molecule has 26 heavy (non-hydrogen) atoms. The molecule has 3 heterocycles. The summed E-state index contributed by atoms with van der Waals surface area (Å²) in [6.07, 6.45) is 3.02. The molecule has 1 aromatic carbocycles. The molecule has 0 atom stereocenters. The highest BCUT2D eigenvalue weighted by Gasteiger charge is 2.35. The molecule has 0 aliphatic carbocycles. The monoisotopic (exact) mass is 369 g/mol. The van der Waals surface area contributed by atoms with Crippen LogP contribution in [0.4, 0.5) is 9.18 Å². The van der Waals surface area contributed by atoms with E-state index in [4.69, 9.17) is 8.83 Å². The Labute approximate surface area is 152 Å². The first kappa shape index (κ1) is 16.4. The number of hydrogen-bond acceptors (Lipinski definition) is 5. The molecule has 5 nitrogen and oxygen atoms in total. The standard InChI is InChI=1S/C19H12FNO4S/c20-13-5-3-12(4-6-13)16-8-7-14(25-16)10-17-18(22)21(19(23)26-17)11-15-2-1-9-24-15/h1-10H,11H2. The second kappa shape index (κ2) is 6.68. The zero-order valence-electron chi connectivity index (χ0n) is 13.3. The average molecular weight is 369 g/mol. The smallest absolute Gasteiger partial charge is 0.293 e. The van der Waals surface area contributed by atoms with Crippen LogP contribution in [0.2, 0.25) is 0 Å². The lowest BCUT2D eigenvalue weighted by molar-refractivity contribution is -0.123. The number of hydrogen-bond donors (Lipinski definition) is 0. The topological polar surface area (TPSA) is 63.7 Å². The number of benzene rings is 1. The van der Waals surface area contributed by atoms with Crippen LogP contribution in [-0.2, 0) is 11.3 Å². The molecule has 130 valence electrons. The number of amides is 2. The van der Waals surface area contributed by atoms with Crippen molar-refractivity contribution in [1.29, 1.82) is 0 Å². The molecule has 7 heteroatoms. The summed E-state index contributed by atoms with van der Waals surface area (Å²) in [5, 5.41) is -0.358. The van der Waals surface area contributed by atoms with Gasteiger partial charge in [-0.25, -0.2) is 4.39 Å². The third-order valence-corrected chi connectivity index (χ3v) is 4.70. The number of rotatable bonds is 4. The maximum Gasteiger partial charge on any atom is 0.293 e. The number of thioether (sulfide) groups is 1. The maximum atomic E-state index is 13.0. The zero-order valence-corrected chi connectivity index (χ0v) is 14.2. The Balaban J connectivity index is 1.54. The molecule has 1 saturated heterocycles. The first-order valence-corrected chi connectivity index (χ1v) is 8.55. The lowest BCUT2D eigenvalue weighted by Gasteiger charge is -2.09. The normalized spacial score (nSPS) is 16.0. The summed E-state index contributed by atoms with van der Waals surface area (Å²) < 4.78 is 23.9. The molecule has 0 saturated carbocycles. The van der Waals surface area contributed by atoms with E-state index >= 15 is 0 Å². The van der Waals surface area contributed by atoms with Crippen molar-refractivity contribution in [2.75, 3.05) is 0 Å². The molecule has 0 bridgehead atoms. The van der Waals surface area contributed by atoms with E-state index in [1.165, 1.54) is 24.5 Å². The van der Waals surface area contributed by atoms with Gasteiger partial charge in [0.25, 0.3) is 11.1 Å². The Kier molecular flexibility index (Phi) is 4.22. The van der Waals surface area contributed by atoms with E-state index in [1.54, 1.807) is 36.4 Å². The number of halogens is 1. The summed E-state index contributed by atoms with van der Waals surface area (Å²) >= 11 is 0.853. The molecule has 0 N–H and O–H groups in total. The summed E-state index contributed by atoms with van der Waals surface area (Å²) in [4.78, 5) is 25.9. The number of nitrogens with zero attached hydrogens (tertiary/aromatic N) is 1. The van der Waals surface area contributed by atoms with Crippen molar-refractivity contribution >= 4 is 29.0 Å². The van der Waals surface area contributed by atoms with Crippen LogP contribution < -0.4 is 0 Å². The molecule has 0 spiro atoms. The minimum absolute atomic E-state index is 0.0913. The van der Waals surface area contributed by atoms with Crippen LogP contribution in [0.1, 0.15) is 11.5 Å². The van der Waals surface area contributed by atoms with E-state index in [-0.39, 0.29) is 22.5 Å². The summed E-state index contributed by atoms with van der Waals surface area (Å²) in [6.45, 7) is 0.0913. The molecule has 2 amide bonds. The van der Waals surface area contributed by atoms with Gasteiger partial charge in [0.1, 0.15) is 23.1 Å². The number of carbonyl (C=O) groups excluding carboxylic acids is 2. The van der Waals surface area contributed by atoms with E-state index in [1.807, 2.05) is 0 Å². The van der Waals surface area contributed by atoms with Gasteiger partial charge >= 0.3 is 0 Å². The van der Waals surface area contributed by atoms with Crippen LogP contribution >= 0.6 is 11.8 Å². The quantitative estimate of drug-likeness (QED) is 0.611. The van der Waals surface area contributed by atoms with Gasteiger partial charge in [-0.2, -0.15) is 0 Å². The van der Waals surface area contributed by atoms with Gasteiger partial charge in [0, 0.05) is 11.6 Å². The Morgan fingerprint density at radius 1 is 1.08 bits per heavy atom. The van der Waals surface area contributed by atoms with Gasteiger partial charge in [0.2, 0.25) is 0 Å². The van der Waals surface area contributed by atoms with E-state index in [9.17, 15) is 14.0 Å². The molecule has 0 radical (unpaired) electrons. The second-order valence-electron chi connectivity index (χ2n) is 5.56. The SMILES string of the molecule is O=C1SC(=Cc2ccc(-c3ccc(F)cc3)o2)C(=O)N1Cc1ccco1. The van der Waals surface area contributed by atoms with Crippen LogP contribution in [-0.4, -0.2) is 16.0 Å². The molecular weight excluding hydrogens is 357 g/mol. The van der Waals surface area contributed by atoms with Gasteiger partial charge in [-0.3, -0.25) is 14.5 Å². The van der Waals surface area contributed by atoms with Gasteiger partial charge in [-0.1, -0.05) is 0 Å². The maximum absolute atomic E-state index is 13.0. The molecule has 1 aliphatic rings. The average Bonchev–Trinajstić information content (AvgIpc) is 3.35. The van der Waals surface area contributed by atoms with Crippen LogP contribution in [0.15, 0.2) is 68.5 Å². The van der Waals surface area contributed by atoms with Crippen LogP contribution in [0.3, 0.4) is 0 Å². The first-order chi connectivity index (χ1) is 12.6. The van der Waals surface area contributed by atoms with E-state index in [0.717, 1.165) is 22.2 Å². The Morgan fingerprint density at radius 3 is 2.62 bits per heavy atom. The van der Waals surface area contributed by atoms with Gasteiger partial charge in [-0.05, 0) is 60.3 Å². The molecule has 1 aliphatic heterocycles. The van der Waals surface area contributed by atoms with Gasteiger partial charge < -0.3 is 8.83 Å². The molecule has 1 fully saturated rings. The van der Waals surface area contributed by atoms with Crippen LogP contribution in [0.25, 0.3) is 17.4 Å². The fourth-order valence-corrected chi connectivity index (χ4v) is 3.34. The van der Waals surface area contributed by atoms with Crippen molar-refractivity contribution in [2.24, 2.45) is 0 Å². The highest BCUT2D eigenvalue weighted by Crippen LogP contribution is 2.34. The lowest BCUT2D eigenvalue weighted by atomic mass is 10.2. The minimum atomic E-state index is -0.392. The van der Waals surface area contributed by atoms with Crippen molar-refractivity contribution in [2.45, 2.75) is 6.54 Å². The van der Waals surface area contributed by atoms with Crippen molar-refractivity contribution in [1.82, 2.24) is 4.90 Å². The van der Waals surface area contributed by atoms with Gasteiger partial charge in [0.05, 0.1) is 17.7 Å². The molecular formula is C19H12FNO4S. The van der Waals surface area contributed by atoms with Crippen LogP contribution in [0.5, 0.6) is 0 Å². The van der Waals surface area contributed by atoms with Gasteiger partial charge in [0.15, 0.2) is 0 Å². The number of carbonyl (C=O) groups is 2. The molecule has 3 aromatic rings. The molecule has 0 unspecified atom stereocenters. The Bertz CT molecular complexity index is 989. The molecule has 4 rings (SSSR count). The predicted octanol–water partition coefficient (Wildman–Crippen LogP) is 4.92. The Hall–Kier alpha value is -3.06. The van der Waals surface area contributed by atoms with Crippen molar-refractivity contribution in [3.05, 3.63) is 77.0 Å². The summed E-state index contributed by atoms with van der Waals surface area (Å²) in [6, 6.07) is 12.7. The summed E-state index contributed by atoms with van der Waals surface area (Å²) in [7, 11) is 0. The van der Waals surface area contributed by atoms with Crippen LogP contribution in [0, 0.1) is 5.82 Å². The predicted molar refractivity (Wildman–Crippen MR) is 94.3 cm³/mol.